The van der Waals surface area contributed by atoms with Gasteiger partial charge in [0.25, 0.3) is 11.5 Å². The van der Waals surface area contributed by atoms with Gasteiger partial charge in [-0.1, -0.05) is 60.5 Å². The van der Waals surface area contributed by atoms with Gasteiger partial charge in [0.05, 0.1) is 27.4 Å². The SMILES string of the molecule is CCc1cnn(C)c(=O)c1-c1ccc(CC[C@H](NC(=O)c2c(Cl)cccc2Cl)C(=O)O)cc1. The van der Waals surface area contributed by atoms with Gasteiger partial charge in [-0.25, -0.2) is 9.48 Å². The van der Waals surface area contributed by atoms with Gasteiger partial charge < -0.3 is 10.4 Å². The molecule has 0 aliphatic heterocycles. The summed E-state index contributed by atoms with van der Waals surface area (Å²) in [7, 11) is 1.61. The van der Waals surface area contributed by atoms with Gasteiger partial charge in [0.2, 0.25) is 0 Å². The normalized spacial score (nSPS) is 11.8. The van der Waals surface area contributed by atoms with Gasteiger partial charge in [-0.2, -0.15) is 5.10 Å². The lowest BCUT2D eigenvalue weighted by molar-refractivity contribution is -0.139. The fourth-order valence-corrected chi connectivity index (χ4v) is 4.07. The van der Waals surface area contributed by atoms with Crippen molar-refractivity contribution in [2.75, 3.05) is 0 Å². The number of hydrogen-bond donors (Lipinski definition) is 2. The zero-order chi connectivity index (χ0) is 24.1. The number of aryl methyl sites for hydroxylation is 3. The lowest BCUT2D eigenvalue weighted by atomic mass is 9.98. The second-order valence-corrected chi connectivity index (χ2v) is 8.34. The minimum absolute atomic E-state index is 0.0436. The van der Waals surface area contributed by atoms with Crippen molar-refractivity contribution in [2.45, 2.75) is 32.2 Å². The van der Waals surface area contributed by atoms with E-state index in [1.165, 1.54) is 16.8 Å². The summed E-state index contributed by atoms with van der Waals surface area (Å²) < 4.78 is 1.30. The lowest BCUT2D eigenvalue weighted by Gasteiger charge is -2.16. The van der Waals surface area contributed by atoms with Gasteiger partial charge in [-0.3, -0.25) is 9.59 Å². The van der Waals surface area contributed by atoms with Crippen molar-refractivity contribution >= 4 is 35.1 Å². The van der Waals surface area contributed by atoms with Crippen molar-refractivity contribution in [3.8, 4) is 11.1 Å². The summed E-state index contributed by atoms with van der Waals surface area (Å²) in [6.45, 7) is 1.96. The standard InChI is InChI=1S/C24H23Cl2N3O4/c1-3-15-13-27-29(2)23(31)20(15)16-10-7-14(8-11-16)9-12-19(24(32)33)28-22(30)21-17(25)5-4-6-18(21)26/h4-8,10-11,13,19H,3,9,12H2,1-2H3,(H,28,30)(H,32,33)/t19-/m0/s1. The van der Waals surface area contributed by atoms with E-state index in [0.717, 1.165) is 16.7 Å². The Kier molecular flexibility index (Phi) is 7.89. The fraction of sp³-hybridized carbons (Fsp3) is 0.250. The Balaban J connectivity index is 1.73. The first kappa shape index (κ1) is 24.5. The molecule has 7 nitrogen and oxygen atoms in total. The van der Waals surface area contributed by atoms with E-state index in [1.54, 1.807) is 19.3 Å². The van der Waals surface area contributed by atoms with Crippen molar-refractivity contribution < 1.29 is 14.7 Å². The molecule has 0 aliphatic carbocycles. The molecule has 33 heavy (non-hydrogen) atoms. The number of rotatable bonds is 8. The molecule has 2 N–H and O–H groups in total. The molecule has 0 saturated carbocycles. The molecule has 0 aliphatic rings. The predicted molar refractivity (Wildman–Crippen MR) is 128 cm³/mol. The van der Waals surface area contributed by atoms with Crippen LogP contribution in [0.3, 0.4) is 0 Å². The van der Waals surface area contributed by atoms with Crippen LogP contribution in [0.25, 0.3) is 11.1 Å². The van der Waals surface area contributed by atoms with Crippen LogP contribution in [0, 0.1) is 0 Å². The van der Waals surface area contributed by atoms with E-state index in [1.807, 2.05) is 31.2 Å². The monoisotopic (exact) mass is 487 g/mol. The summed E-state index contributed by atoms with van der Waals surface area (Å²) in [5, 5.41) is 16.4. The molecular formula is C24H23Cl2N3O4. The molecule has 3 aromatic rings. The van der Waals surface area contributed by atoms with Crippen LogP contribution in [-0.4, -0.2) is 32.8 Å². The van der Waals surface area contributed by atoms with Crippen molar-refractivity contribution in [2.24, 2.45) is 7.05 Å². The topological polar surface area (TPSA) is 101 Å². The number of nitrogens with one attached hydrogen (secondary N) is 1. The highest BCUT2D eigenvalue weighted by Gasteiger charge is 2.23. The van der Waals surface area contributed by atoms with Crippen molar-refractivity contribution in [3.05, 3.63) is 85.8 Å². The van der Waals surface area contributed by atoms with Crippen LogP contribution in [0.4, 0.5) is 0 Å². The molecule has 0 radical (unpaired) electrons. The Hall–Kier alpha value is -3.16. The van der Waals surface area contributed by atoms with Crippen molar-refractivity contribution in [1.82, 2.24) is 15.1 Å². The summed E-state index contributed by atoms with van der Waals surface area (Å²) in [5.41, 5.74) is 2.98. The Bertz CT molecular complexity index is 1220. The third-order valence-electron chi connectivity index (χ3n) is 5.35. The first-order chi connectivity index (χ1) is 15.7. The van der Waals surface area contributed by atoms with Crippen LogP contribution >= 0.6 is 23.2 Å². The van der Waals surface area contributed by atoms with E-state index in [0.29, 0.717) is 18.4 Å². The summed E-state index contributed by atoms with van der Waals surface area (Å²) >= 11 is 12.1. The van der Waals surface area contributed by atoms with Crippen LogP contribution in [-0.2, 0) is 24.7 Å². The second kappa shape index (κ2) is 10.6. The molecule has 1 amide bonds. The van der Waals surface area contributed by atoms with Crippen LogP contribution in [0.1, 0.15) is 34.8 Å². The van der Waals surface area contributed by atoms with E-state index in [9.17, 15) is 19.5 Å². The molecule has 1 aromatic heterocycles. The summed E-state index contributed by atoms with van der Waals surface area (Å²) in [5.74, 6) is -1.80. The Morgan fingerprint density at radius 3 is 2.33 bits per heavy atom. The average molecular weight is 488 g/mol. The highest BCUT2D eigenvalue weighted by molar-refractivity contribution is 6.39. The summed E-state index contributed by atoms with van der Waals surface area (Å²) in [4.78, 5) is 36.8. The number of carbonyl (C=O) groups is 2. The molecule has 0 bridgehead atoms. The smallest absolute Gasteiger partial charge is 0.326 e. The van der Waals surface area contributed by atoms with Crippen LogP contribution in [0.2, 0.25) is 10.0 Å². The second-order valence-electron chi connectivity index (χ2n) is 7.52. The van der Waals surface area contributed by atoms with Crippen LogP contribution in [0.5, 0.6) is 0 Å². The van der Waals surface area contributed by atoms with E-state index >= 15 is 0 Å². The molecule has 2 aromatic carbocycles. The number of carboxylic acids is 1. The number of hydrogen-bond acceptors (Lipinski definition) is 4. The first-order valence-electron chi connectivity index (χ1n) is 10.3. The number of carboxylic acid groups (broad SMARTS) is 1. The van der Waals surface area contributed by atoms with E-state index in [-0.39, 0.29) is 27.6 Å². The zero-order valence-corrected chi connectivity index (χ0v) is 19.7. The van der Waals surface area contributed by atoms with E-state index in [4.69, 9.17) is 23.2 Å². The lowest BCUT2D eigenvalue weighted by Crippen LogP contribution is -2.41. The van der Waals surface area contributed by atoms with Gasteiger partial charge in [0.1, 0.15) is 6.04 Å². The zero-order valence-electron chi connectivity index (χ0n) is 18.1. The maximum atomic E-state index is 12.6. The van der Waals surface area contributed by atoms with Crippen LogP contribution < -0.4 is 10.9 Å². The molecule has 3 rings (SSSR count). The number of aliphatic carboxylic acids is 1. The fourth-order valence-electron chi connectivity index (χ4n) is 3.50. The van der Waals surface area contributed by atoms with Gasteiger partial charge in [-0.15, -0.1) is 0 Å². The van der Waals surface area contributed by atoms with Gasteiger partial charge in [0, 0.05) is 7.05 Å². The molecule has 0 fully saturated rings. The molecule has 0 spiro atoms. The van der Waals surface area contributed by atoms with E-state index in [2.05, 4.69) is 10.4 Å². The van der Waals surface area contributed by atoms with Crippen LogP contribution in [0.15, 0.2) is 53.5 Å². The van der Waals surface area contributed by atoms with Gasteiger partial charge >= 0.3 is 5.97 Å². The third-order valence-corrected chi connectivity index (χ3v) is 5.98. The third kappa shape index (κ3) is 5.61. The minimum Gasteiger partial charge on any atom is -0.480 e. The maximum absolute atomic E-state index is 12.6. The molecule has 172 valence electrons. The van der Waals surface area contributed by atoms with Crippen molar-refractivity contribution in [3.63, 3.8) is 0 Å². The molecular weight excluding hydrogens is 465 g/mol. The molecule has 1 heterocycles. The number of benzene rings is 2. The maximum Gasteiger partial charge on any atom is 0.326 e. The number of nitrogens with zero attached hydrogens (tertiary/aromatic N) is 2. The Morgan fingerprint density at radius 1 is 1.12 bits per heavy atom. The Labute approximate surface area is 201 Å². The van der Waals surface area contributed by atoms with Crippen molar-refractivity contribution in [1.29, 1.82) is 0 Å². The number of carbonyl (C=O) groups excluding carboxylic acids is 1. The molecule has 0 unspecified atom stereocenters. The summed E-state index contributed by atoms with van der Waals surface area (Å²) in [6, 6.07) is 10.9. The van der Waals surface area contributed by atoms with E-state index < -0.39 is 17.9 Å². The largest absolute Gasteiger partial charge is 0.480 e. The number of halogens is 2. The van der Waals surface area contributed by atoms with Gasteiger partial charge in [0.15, 0.2) is 0 Å². The van der Waals surface area contributed by atoms with Gasteiger partial charge in [-0.05, 0) is 48.1 Å². The first-order valence-corrected chi connectivity index (χ1v) is 11.1. The number of aromatic nitrogens is 2. The summed E-state index contributed by atoms with van der Waals surface area (Å²) in [6.07, 6.45) is 2.94. The highest BCUT2D eigenvalue weighted by Crippen LogP contribution is 2.24. The molecule has 9 heteroatoms. The minimum atomic E-state index is -1.16. The Morgan fingerprint density at radius 2 is 1.76 bits per heavy atom. The molecule has 0 saturated heterocycles. The highest BCUT2D eigenvalue weighted by atomic mass is 35.5. The predicted octanol–water partition coefficient (Wildman–Crippen LogP) is 4.13. The molecule has 1 atom stereocenters. The number of amides is 1. The quantitative estimate of drug-likeness (QED) is 0.497. The average Bonchev–Trinajstić information content (AvgIpc) is 2.78.